The second-order valence-corrected chi connectivity index (χ2v) is 6.53. The minimum Gasteiger partial charge on any atom is -0.454 e. The summed E-state index contributed by atoms with van der Waals surface area (Å²) >= 11 is 0. The van der Waals surface area contributed by atoms with Crippen LogP contribution in [-0.4, -0.2) is 24.8 Å². The molecule has 1 aliphatic heterocycles. The van der Waals surface area contributed by atoms with Crippen molar-refractivity contribution >= 4 is 29.9 Å². The average Bonchev–Trinajstić information content (AvgIpc) is 3.23. The number of nitrogens with one attached hydrogen (secondary N) is 2. The zero-order chi connectivity index (χ0) is 20.8. The van der Waals surface area contributed by atoms with E-state index in [2.05, 4.69) is 20.6 Å². The third-order valence-electron chi connectivity index (χ3n) is 4.40. The first kappa shape index (κ1) is 22.6. The number of hydrogen-bond acceptors (Lipinski definition) is 5. The van der Waals surface area contributed by atoms with Crippen molar-refractivity contribution in [2.45, 2.75) is 13.1 Å². The summed E-state index contributed by atoms with van der Waals surface area (Å²) in [4.78, 5) is 8.49. The lowest BCUT2D eigenvalue weighted by atomic mass is 10.2. The number of aliphatic imine (C=N–C) groups is 1. The first-order valence-corrected chi connectivity index (χ1v) is 9.41. The van der Waals surface area contributed by atoms with Gasteiger partial charge in [0.05, 0.1) is 0 Å². The second kappa shape index (κ2) is 10.8. The highest BCUT2D eigenvalue weighted by atomic mass is 127. The number of pyridine rings is 1. The van der Waals surface area contributed by atoms with Gasteiger partial charge in [-0.05, 0) is 35.4 Å². The monoisotopic (exact) mass is 536 g/mol. The van der Waals surface area contributed by atoms with E-state index in [-0.39, 0.29) is 36.6 Å². The van der Waals surface area contributed by atoms with Crippen molar-refractivity contribution in [3.05, 3.63) is 77.7 Å². The molecule has 2 N–H and O–H groups in total. The smallest absolute Gasteiger partial charge is 0.231 e. The molecule has 2 heterocycles. The standard InChI is InChI=1S/C22H21FN4O3.HI/c1-24-22(26-11-15-5-7-19-20(9-15)29-14-28-19)27-13-16-6-8-21(25-12-16)30-18-4-2-3-17(23)10-18;/h2-10,12H,11,13-14H2,1H3,(H2,24,26,27);1H. The largest absolute Gasteiger partial charge is 0.454 e. The summed E-state index contributed by atoms with van der Waals surface area (Å²) in [5, 5.41) is 6.50. The summed E-state index contributed by atoms with van der Waals surface area (Å²) in [7, 11) is 1.71. The van der Waals surface area contributed by atoms with Crippen LogP contribution in [0.15, 0.2) is 65.8 Å². The van der Waals surface area contributed by atoms with Crippen molar-refractivity contribution < 1.29 is 18.6 Å². The fourth-order valence-electron chi connectivity index (χ4n) is 2.87. The van der Waals surface area contributed by atoms with Gasteiger partial charge in [-0.25, -0.2) is 9.37 Å². The normalized spacial score (nSPS) is 12.1. The van der Waals surface area contributed by atoms with E-state index in [1.165, 1.54) is 12.1 Å². The minimum absolute atomic E-state index is 0. The summed E-state index contributed by atoms with van der Waals surface area (Å²) in [5.74, 6) is 2.62. The van der Waals surface area contributed by atoms with Crippen LogP contribution in [-0.2, 0) is 13.1 Å². The summed E-state index contributed by atoms with van der Waals surface area (Å²) < 4.78 is 29.5. The molecule has 0 saturated carbocycles. The van der Waals surface area contributed by atoms with Crippen LogP contribution < -0.4 is 24.8 Å². The van der Waals surface area contributed by atoms with Gasteiger partial charge in [-0.2, -0.15) is 0 Å². The number of rotatable bonds is 6. The van der Waals surface area contributed by atoms with Crippen LogP contribution in [0.4, 0.5) is 4.39 Å². The summed E-state index contributed by atoms with van der Waals surface area (Å²) in [6.45, 7) is 1.39. The zero-order valence-electron chi connectivity index (χ0n) is 16.8. The second-order valence-electron chi connectivity index (χ2n) is 6.53. The number of fused-ring (bicyclic) bond motifs is 1. The molecular formula is C22H22FIN4O3. The van der Waals surface area contributed by atoms with Crippen LogP contribution in [0.1, 0.15) is 11.1 Å². The molecule has 0 spiro atoms. The summed E-state index contributed by atoms with van der Waals surface area (Å²) in [6.07, 6.45) is 1.70. The molecule has 0 atom stereocenters. The Kier molecular flexibility index (Phi) is 7.88. The SMILES string of the molecule is CN=C(NCc1ccc(Oc2cccc(F)c2)nc1)NCc1ccc2c(c1)OCO2.I. The van der Waals surface area contributed by atoms with Gasteiger partial charge >= 0.3 is 0 Å². The first-order valence-electron chi connectivity index (χ1n) is 9.41. The Morgan fingerprint density at radius 3 is 2.55 bits per heavy atom. The van der Waals surface area contributed by atoms with Crippen molar-refractivity contribution in [1.82, 2.24) is 15.6 Å². The van der Waals surface area contributed by atoms with Crippen LogP contribution in [0.25, 0.3) is 0 Å². The molecule has 0 unspecified atom stereocenters. The molecular weight excluding hydrogens is 514 g/mol. The Labute approximate surface area is 196 Å². The number of ether oxygens (including phenoxy) is 3. The number of benzene rings is 2. The third-order valence-corrected chi connectivity index (χ3v) is 4.40. The van der Waals surface area contributed by atoms with E-state index in [1.807, 2.05) is 24.3 Å². The molecule has 3 aromatic rings. The molecule has 0 radical (unpaired) electrons. The lowest BCUT2D eigenvalue weighted by Gasteiger charge is -2.12. The van der Waals surface area contributed by atoms with Crippen molar-refractivity contribution in [3.8, 4) is 23.1 Å². The molecule has 0 amide bonds. The Morgan fingerprint density at radius 2 is 1.81 bits per heavy atom. The zero-order valence-corrected chi connectivity index (χ0v) is 19.1. The average molecular weight is 536 g/mol. The van der Waals surface area contributed by atoms with Gasteiger partial charge in [0.1, 0.15) is 11.6 Å². The van der Waals surface area contributed by atoms with Crippen LogP contribution in [0, 0.1) is 5.82 Å². The molecule has 9 heteroatoms. The van der Waals surface area contributed by atoms with Crippen LogP contribution in [0.2, 0.25) is 0 Å². The number of hydrogen-bond donors (Lipinski definition) is 2. The van der Waals surface area contributed by atoms with Crippen LogP contribution in [0.5, 0.6) is 23.1 Å². The van der Waals surface area contributed by atoms with Gasteiger partial charge in [-0.1, -0.05) is 18.2 Å². The Balaban J connectivity index is 0.00000272. The van der Waals surface area contributed by atoms with Crippen LogP contribution in [0.3, 0.4) is 0 Å². The number of aromatic nitrogens is 1. The highest BCUT2D eigenvalue weighted by molar-refractivity contribution is 14.0. The highest BCUT2D eigenvalue weighted by Crippen LogP contribution is 2.32. The van der Waals surface area contributed by atoms with E-state index < -0.39 is 0 Å². The maximum Gasteiger partial charge on any atom is 0.231 e. The van der Waals surface area contributed by atoms with Crippen molar-refractivity contribution in [1.29, 1.82) is 0 Å². The lowest BCUT2D eigenvalue weighted by Crippen LogP contribution is -2.36. The summed E-state index contributed by atoms with van der Waals surface area (Å²) in [6, 6.07) is 15.4. The third kappa shape index (κ3) is 6.20. The molecule has 0 aliphatic carbocycles. The predicted molar refractivity (Wildman–Crippen MR) is 126 cm³/mol. The van der Waals surface area contributed by atoms with Gasteiger partial charge in [-0.3, -0.25) is 4.99 Å². The van der Waals surface area contributed by atoms with Crippen molar-refractivity contribution in [2.75, 3.05) is 13.8 Å². The van der Waals surface area contributed by atoms with Gasteiger partial charge in [0.2, 0.25) is 12.7 Å². The Hall–Kier alpha value is -3.08. The maximum atomic E-state index is 13.2. The molecule has 2 aromatic carbocycles. The molecule has 0 saturated heterocycles. The van der Waals surface area contributed by atoms with E-state index in [0.29, 0.717) is 30.7 Å². The molecule has 1 aromatic heterocycles. The molecule has 0 bridgehead atoms. The molecule has 0 fully saturated rings. The van der Waals surface area contributed by atoms with E-state index in [1.54, 1.807) is 31.4 Å². The van der Waals surface area contributed by atoms with Gasteiger partial charge in [0, 0.05) is 38.5 Å². The van der Waals surface area contributed by atoms with Crippen LogP contribution >= 0.6 is 24.0 Å². The van der Waals surface area contributed by atoms with E-state index in [9.17, 15) is 4.39 Å². The first-order chi connectivity index (χ1) is 14.7. The van der Waals surface area contributed by atoms with Gasteiger partial charge in [0.15, 0.2) is 17.5 Å². The van der Waals surface area contributed by atoms with E-state index in [0.717, 1.165) is 22.6 Å². The number of nitrogens with zero attached hydrogens (tertiary/aromatic N) is 2. The van der Waals surface area contributed by atoms with E-state index in [4.69, 9.17) is 14.2 Å². The van der Waals surface area contributed by atoms with Crippen molar-refractivity contribution in [3.63, 3.8) is 0 Å². The number of halogens is 2. The quantitative estimate of drug-likeness (QED) is 0.279. The highest BCUT2D eigenvalue weighted by Gasteiger charge is 2.13. The fraction of sp³-hybridized carbons (Fsp3) is 0.182. The molecule has 31 heavy (non-hydrogen) atoms. The Bertz CT molecular complexity index is 1050. The van der Waals surface area contributed by atoms with Gasteiger partial charge in [-0.15, -0.1) is 24.0 Å². The maximum absolute atomic E-state index is 13.2. The number of guanidine groups is 1. The van der Waals surface area contributed by atoms with Gasteiger partial charge < -0.3 is 24.8 Å². The molecule has 1 aliphatic rings. The minimum atomic E-state index is -0.354. The van der Waals surface area contributed by atoms with Gasteiger partial charge in [0.25, 0.3) is 0 Å². The molecule has 4 rings (SSSR count). The van der Waals surface area contributed by atoms with E-state index >= 15 is 0 Å². The lowest BCUT2D eigenvalue weighted by molar-refractivity contribution is 0.174. The summed E-state index contributed by atoms with van der Waals surface area (Å²) in [5.41, 5.74) is 2.01. The fourth-order valence-corrected chi connectivity index (χ4v) is 2.87. The predicted octanol–water partition coefficient (Wildman–Crippen LogP) is 4.22. The topological polar surface area (TPSA) is 77.0 Å². The molecule has 7 nitrogen and oxygen atoms in total. The molecule has 162 valence electrons. The van der Waals surface area contributed by atoms with Crippen molar-refractivity contribution in [2.24, 2.45) is 4.99 Å². The Morgan fingerprint density at radius 1 is 1.03 bits per heavy atom.